The molecule has 0 amide bonds. The standard InChI is InChI=1S/C9H16O6/c10-3-1-5-14-8(12)7-9(13)15-6-2-4-11/h10-11H,1-7H2. The van der Waals surface area contributed by atoms with Gasteiger partial charge in [-0.05, 0) is 0 Å². The number of carbonyl (C=O) groups excluding carboxylic acids is 2. The Morgan fingerprint density at radius 1 is 0.867 bits per heavy atom. The van der Waals surface area contributed by atoms with Gasteiger partial charge in [-0.3, -0.25) is 9.59 Å². The van der Waals surface area contributed by atoms with E-state index in [9.17, 15) is 9.59 Å². The first-order chi connectivity index (χ1) is 7.20. The Bertz CT molecular complexity index is 171. The quantitative estimate of drug-likeness (QED) is 0.317. The van der Waals surface area contributed by atoms with E-state index in [1.54, 1.807) is 0 Å². The number of ether oxygens (including phenoxy) is 2. The highest BCUT2D eigenvalue weighted by atomic mass is 16.6. The molecule has 0 aliphatic rings. The average Bonchev–Trinajstić information content (AvgIpc) is 2.18. The minimum atomic E-state index is -0.669. The first-order valence-corrected chi connectivity index (χ1v) is 4.73. The number of esters is 2. The van der Waals surface area contributed by atoms with E-state index >= 15 is 0 Å². The van der Waals surface area contributed by atoms with E-state index < -0.39 is 18.4 Å². The molecule has 0 aromatic rings. The van der Waals surface area contributed by atoms with Gasteiger partial charge >= 0.3 is 11.9 Å². The van der Waals surface area contributed by atoms with Crippen LogP contribution >= 0.6 is 0 Å². The molecule has 0 aliphatic heterocycles. The van der Waals surface area contributed by atoms with Gasteiger partial charge in [0.05, 0.1) is 13.2 Å². The molecule has 0 unspecified atom stereocenters. The zero-order chi connectivity index (χ0) is 11.5. The van der Waals surface area contributed by atoms with Crippen molar-refractivity contribution in [2.75, 3.05) is 26.4 Å². The number of carbonyl (C=O) groups is 2. The minimum Gasteiger partial charge on any atom is -0.465 e. The molecule has 0 spiro atoms. The van der Waals surface area contributed by atoms with E-state index in [0.29, 0.717) is 12.8 Å². The molecule has 15 heavy (non-hydrogen) atoms. The molecule has 0 bridgehead atoms. The van der Waals surface area contributed by atoms with Crippen molar-refractivity contribution in [1.29, 1.82) is 0 Å². The van der Waals surface area contributed by atoms with E-state index in [4.69, 9.17) is 10.2 Å². The highest BCUT2D eigenvalue weighted by molar-refractivity contribution is 5.91. The van der Waals surface area contributed by atoms with Crippen molar-refractivity contribution in [2.24, 2.45) is 0 Å². The lowest BCUT2D eigenvalue weighted by Gasteiger charge is -2.04. The van der Waals surface area contributed by atoms with Crippen molar-refractivity contribution in [3.05, 3.63) is 0 Å². The molecule has 0 saturated heterocycles. The summed E-state index contributed by atoms with van der Waals surface area (Å²) in [5.41, 5.74) is 0. The van der Waals surface area contributed by atoms with E-state index in [1.165, 1.54) is 0 Å². The lowest BCUT2D eigenvalue weighted by atomic mass is 10.4. The fourth-order valence-electron chi connectivity index (χ4n) is 0.721. The highest BCUT2D eigenvalue weighted by Gasteiger charge is 2.11. The van der Waals surface area contributed by atoms with Crippen LogP contribution in [0.2, 0.25) is 0 Å². The monoisotopic (exact) mass is 220 g/mol. The number of aliphatic hydroxyl groups is 2. The molecule has 0 rings (SSSR count). The lowest BCUT2D eigenvalue weighted by molar-refractivity contribution is -0.154. The smallest absolute Gasteiger partial charge is 0.317 e. The molecular weight excluding hydrogens is 204 g/mol. The van der Waals surface area contributed by atoms with Gasteiger partial charge < -0.3 is 19.7 Å². The molecule has 0 saturated carbocycles. The molecule has 0 aromatic carbocycles. The summed E-state index contributed by atoms with van der Waals surface area (Å²) in [6.07, 6.45) is 0.271. The van der Waals surface area contributed by atoms with E-state index in [0.717, 1.165) is 0 Å². The van der Waals surface area contributed by atoms with Gasteiger partial charge in [0, 0.05) is 26.1 Å². The Morgan fingerprint density at radius 3 is 1.60 bits per heavy atom. The second-order valence-electron chi connectivity index (χ2n) is 2.77. The van der Waals surface area contributed by atoms with Gasteiger partial charge in [0.15, 0.2) is 0 Å². The van der Waals surface area contributed by atoms with Crippen LogP contribution in [-0.4, -0.2) is 48.6 Å². The van der Waals surface area contributed by atoms with Crippen LogP contribution in [0.25, 0.3) is 0 Å². The first kappa shape index (κ1) is 13.9. The minimum absolute atomic E-state index is 0.0613. The van der Waals surface area contributed by atoms with Crippen LogP contribution in [-0.2, 0) is 19.1 Å². The van der Waals surface area contributed by atoms with Gasteiger partial charge in [-0.15, -0.1) is 0 Å². The average molecular weight is 220 g/mol. The molecule has 0 atom stereocenters. The summed E-state index contributed by atoms with van der Waals surface area (Å²) in [7, 11) is 0. The van der Waals surface area contributed by atoms with Gasteiger partial charge in [0.25, 0.3) is 0 Å². The zero-order valence-corrected chi connectivity index (χ0v) is 8.48. The maximum atomic E-state index is 10.9. The van der Waals surface area contributed by atoms with Crippen LogP contribution in [0.4, 0.5) is 0 Å². The summed E-state index contributed by atoms with van der Waals surface area (Å²) < 4.78 is 9.22. The molecule has 6 heteroatoms. The molecule has 2 N–H and O–H groups in total. The summed E-state index contributed by atoms with van der Waals surface area (Å²) in [6, 6.07) is 0. The normalized spacial score (nSPS) is 9.73. The zero-order valence-electron chi connectivity index (χ0n) is 8.48. The third kappa shape index (κ3) is 9.17. The predicted molar refractivity (Wildman–Crippen MR) is 49.9 cm³/mol. The molecular formula is C9H16O6. The van der Waals surface area contributed by atoms with Crippen molar-refractivity contribution in [1.82, 2.24) is 0 Å². The molecule has 0 aromatic heterocycles. The number of rotatable bonds is 8. The molecule has 0 radical (unpaired) electrons. The lowest BCUT2D eigenvalue weighted by Crippen LogP contribution is -2.15. The van der Waals surface area contributed by atoms with Gasteiger partial charge in [-0.2, -0.15) is 0 Å². The third-order valence-electron chi connectivity index (χ3n) is 1.42. The molecule has 6 nitrogen and oxygen atoms in total. The Kier molecular flexibility index (Phi) is 8.70. The topological polar surface area (TPSA) is 93.1 Å². The van der Waals surface area contributed by atoms with Crippen LogP contribution in [0.15, 0.2) is 0 Å². The first-order valence-electron chi connectivity index (χ1n) is 4.73. The van der Waals surface area contributed by atoms with Crippen LogP contribution in [0, 0.1) is 0 Å². The fraction of sp³-hybridized carbons (Fsp3) is 0.778. The second-order valence-corrected chi connectivity index (χ2v) is 2.77. The Labute approximate surface area is 87.8 Å². The largest absolute Gasteiger partial charge is 0.465 e. The van der Waals surface area contributed by atoms with Crippen molar-refractivity contribution >= 4 is 11.9 Å². The number of aliphatic hydroxyl groups excluding tert-OH is 2. The maximum Gasteiger partial charge on any atom is 0.317 e. The second kappa shape index (κ2) is 9.42. The van der Waals surface area contributed by atoms with E-state index in [1.807, 2.05) is 0 Å². The number of hydrogen-bond acceptors (Lipinski definition) is 6. The highest BCUT2D eigenvalue weighted by Crippen LogP contribution is 1.93. The summed E-state index contributed by atoms with van der Waals surface area (Å²) in [6.45, 7) is 0.0704. The maximum absolute atomic E-state index is 10.9. The molecule has 0 heterocycles. The number of hydrogen-bond donors (Lipinski definition) is 2. The Balaban J connectivity index is 3.45. The SMILES string of the molecule is O=C(CC(=O)OCCCO)OCCCO. The summed E-state index contributed by atoms with van der Waals surface area (Å²) >= 11 is 0. The van der Waals surface area contributed by atoms with Crippen molar-refractivity contribution < 1.29 is 29.3 Å². The Morgan fingerprint density at radius 2 is 1.27 bits per heavy atom. The molecule has 0 aliphatic carbocycles. The van der Waals surface area contributed by atoms with Crippen molar-refractivity contribution in [2.45, 2.75) is 19.3 Å². The summed E-state index contributed by atoms with van der Waals surface area (Å²) in [5.74, 6) is -1.34. The van der Waals surface area contributed by atoms with Crippen LogP contribution in [0.1, 0.15) is 19.3 Å². The van der Waals surface area contributed by atoms with Gasteiger partial charge in [0.1, 0.15) is 6.42 Å². The van der Waals surface area contributed by atoms with Gasteiger partial charge in [-0.25, -0.2) is 0 Å². The van der Waals surface area contributed by atoms with Gasteiger partial charge in [0.2, 0.25) is 0 Å². The molecule has 0 fully saturated rings. The van der Waals surface area contributed by atoms with Crippen LogP contribution < -0.4 is 0 Å². The summed E-state index contributed by atoms with van der Waals surface area (Å²) in [5, 5.41) is 16.8. The fourth-order valence-corrected chi connectivity index (χ4v) is 0.721. The predicted octanol–water partition coefficient (Wildman–Crippen LogP) is -0.772. The van der Waals surface area contributed by atoms with Crippen LogP contribution in [0.5, 0.6) is 0 Å². The van der Waals surface area contributed by atoms with E-state index in [-0.39, 0.29) is 26.4 Å². The van der Waals surface area contributed by atoms with Crippen molar-refractivity contribution in [3.63, 3.8) is 0 Å². The third-order valence-corrected chi connectivity index (χ3v) is 1.42. The van der Waals surface area contributed by atoms with Gasteiger partial charge in [-0.1, -0.05) is 0 Å². The molecule has 88 valence electrons. The van der Waals surface area contributed by atoms with Crippen LogP contribution in [0.3, 0.4) is 0 Å². The Hall–Kier alpha value is -1.14. The van der Waals surface area contributed by atoms with E-state index in [2.05, 4.69) is 9.47 Å². The summed E-state index contributed by atoms with van der Waals surface area (Å²) in [4.78, 5) is 21.8. The van der Waals surface area contributed by atoms with Crippen molar-refractivity contribution in [3.8, 4) is 0 Å².